The van der Waals surface area contributed by atoms with Gasteiger partial charge >= 0.3 is 0 Å². The summed E-state index contributed by atoms with van der Waals surface area (Å²) in [6, 6.07) is 9.91. The van der Waals surface area contributed by atoms with Gasteiger partial charge in [-0.05, 0) is 30.2 Å². The monoisotopic (exact) mass is 296 g/mol. The SMILES string of the molecule is O=[N+]([O-])c1ccc(-c2cncc(N3CC4CC(C3)N4)c2)cc1. The molecule has 1 aromatic heterocycles. The minimum Gasteiger partial charge on any atom is -0.367 e. The van der Waals surface area contributed by atoms with Crippen molar-refractivity contribution in [3.63, 3.8) is 0 Å². The molecule has 0 radical (unpaired) electrons. The van der Waals surface area contributed by atoms with E-state index in [1.165, 1.54) is 18.6 Å². The molecule has 3 fully saturated rings. The first-order valence-corrected chi connectivity index (χ1v) is 7.40. The number of rotatable bonds is 3. The lowest BCUT2D eigenvalue weighted by molar-refractivity contribution is -0.384. The topological polar surface area (TPSA) is 71.3 Å². The van der Waals surface area contributed by atoms with Gasteiger partial charge in [-0.15, -0.1) is 0 Å². The summed E-state index contributed by atoms with van der Waals surface area (Å²) in [7, 11) is 0. The number of anilines is 1. The zero-order valence-corrected chi connectivity index (χ0v) is 12.0. The van der Waals surface area contributed by atoms with E-state index < -0.39 is 0 Å². The first-order valence-electron chi connectivity index (χ1n) is 7.40. The third-order valence-electron chi connectivity index (χ3n) is 4.42. The number of aromatic nitrogens is 1. The van der Waals surface area contributed by atoms with Crippen molar-refractivity contribution in [2.45, 2.75) is 18.5 Å². The number of nitro groups is 1. The Bertz CT molecular complexity index is 700. The number of nitro benzene ring substituents is 1. The van der Waals surface area contributed by atoms with Crippen LogP contribution >= 0.6 is 0 Å². The van der Waals surface area contributed by atoms with Crippen molar-refractivity contribution in [1.82, 2.24) is 10.3 Å². The number of nitrogens with one attached hydrogen (secondary N) is 1. The van der Waals surface area contributed by atoms with E-state index in [4.69, 9.17) is 0 Å². The van der Waals surface area contributed by atoms with E-state index in [9.17, 15) is 10.1 Å². The molecule has 5 rings (SSSR count). The molecule has 3 saturated heterocycles. The van der Waals surface area contributed by atoms with Gasteiger partial charge in [0.05, 0.1) is 16.8 Å². The van der Waals surface area contributed by atoms with Gasteiger partial charge < -0.3 is 10.2 Å². The lowest BCUT2D eigenvalue weighted by Crippen LogP contribution is -2.67. The molecule has 2 unspecified atom stereocenters. The second-order valence-corrected chi connectivity index (χ2v) is 5.94. The summed E-state index contributed by atoms with van der Waals surface area (Å²) in [6.45, 7) is 2.03. The molecule has 2 aromatic rings. The van der Waals surface area contributed by atoms with E-state index in [0.29, 0.717) is 12.1 Å². The largest absolute Gasteiger partial charge is 0.367 e. The van der Waals surface area contributed by atoms with Gasteiger partial charge in [0, 0.05) is 49.1 Å². The van der Waals surface area contributed by atoms with Crippen molar-refractivity contribution in [1.29, 1.82) is 0 Å². The molecule has 3 aliphatic rings. The van der Waals surface area contributed by atoms with Crippen molar-refractivity contribution >= 4 is 11.4 Å². The van der Waals surface area contributed by atoms with Crippen molar-refractivity contribution in [3.8, 4) is 11.1 Å². The first-order chi connectivity index (χ1) is 10.7. The zero-order chi connectivity index (χ0) is 15.1. The molecule has 0 amide bonds. The third kappa shape index (κ3) is 2.31. The standard InChI is InChI=1S/C16H16N4O2/c21-20(22)15-3-1-11(2-4-15)12-5-16(8-17-7-12)19-9-13-6-14(10-19)18-13/h1-5,7-8,13-14,18H,6,9-10H2. The van der Waals surface area contributed by atoms with Crippen LogP contribution in [0.5, 0.6) is 0 Å². The molecule has 4 heterocycles. The van der Waals surface area contributed by atoms with Crippen LogP contribution in [0.2, 0.25) is 0 Å². The first kappa shape index (κ1) is 13.2. The molecular weight excluding hydrogens is 280 g/mol. The summed E-state index contributed by atoms with van der Waals surface area (Å²) in [6.07, 6.45) is 4.96. The second kappa shape index (κ2) is 5.06. The summed E-state index contributed by atoms with van der Waals surface area (Å²) >= 11 is 0. The molecule has 0 saturated carbocycles. The molecule has 1 aromatic carbocycles. The molecule has 0 spiro atoms. The van der Waals surface area contributed by atoms with Gasteiger partial charge in [0.1, 0.15) is 0 Å². The lowest BCUT2D eigenvalue weighted by Gasteiger charge is -2.49. The molecule has 2 atom stereocenters. The molecule has 3 aliphatic heterocycles. The van der Waals surface area contributed by atoms with Gasteiger partial charge in [-0.2, -0.15) is 0 Å². The van der Waals surface area contributed by atoms with Crippen LogP contribution < -0.4 is 10.2 Å². The van der Waals surface area contributed by atoms with E-state index in [2.05, 4.69) is 21.3 Å². The Morgan fingerprint density at radius 3 is 2.45 bits per heavy atom. The van der Waals surface area contributed by atoms with Crippen LogP contribution in [0.4, 0.5) is 11.4 Å². The van der Waals surface area contributed by atoms with Gasteiger partial charge in [-0.1, -0.05) is 0 Å². The number of nitrogens with zero attached hydrogens (tertiary/aromatic N) is 3. The maximum Gasteiger partial charge on any atom is 0.269 e. The number of piperazine rings is 1. The Balaban J connectivity index is 1.59. The average molecular weight is 296 g/mol. The minimum atomic E-state index is -0.383. The molecule has 2 bridgehead atoms. The van der Waals surface area contributed by atoms with Crippen LogP contribution in [-0.4, -0.2) is 35.1 Å². The van der Waals surface area contributed by atoms with E-state index in [1.807, 2.05) is 6.20 Å². The number of fused-ring (bicyclic) bond motifs is 2. The highest BCUT2D eigenvalue weighted by molar-refractivity contribution is 5.68. The van der Waals surface area contributed by atoms with E-state index >= 15 is 0 Å². The number of hydrogen-bond donors (Lipinski definition) is 1. The summed E-state index contributed by atoms with van der Waals surface area (Å²) in [5.41, 5.74) is 3.15. The lowest BCUT2D eigenvalue weighted by atomic mass is 9.91. The number of hydrogen-bond acceptors (Lipinski definition) is 5. The van der Waals surface area contributed by atoms with Crippen LogP contribution in [0.15, 0.2) is 42.7 Å². The van der Waals surface area contributed by atoms with Gasteiger partial charge in [-0.3, -0.25) is 15.1 Å². The molecule has 22 heavy (non-hydrogen) atoms. The van der Waals surface area contributed by atoms with Gasteiger partial charge in [0.15, 0.2) is 0 Å². The maximum absolute atomic E-state index is 10.7. The van der Waals surface area contributed by atoms with E-state index in [1.54, 1.807) is 18.3 Å². The molecule has 112 valence electrons. The van der Waals surface area contributed by atoms with E-state index in [-0.39, 0.29) is 10.6 Å². The quantitative estimate of drug-likeness (QED) is 0.694. The number of benzene rings is 1. The fourth-order valence-electron chi connectivity index (χ4n) is 3.26. The Morgan fingerprint density at radius 2 is 1.82 bits per heavy atom. The van der Waals surface area contributed by atoms with Crippen LogP contribution in [-0.2, 0) is 0 Å². The van der Waals surface area contributed by atoms with Crippen LogP contribution in [0.1, 0.15) is 6.42 Å². The van der Waals surface area contributed by atoms with E-state index in [0.717, 1.165) is 29.9 Å². The fourth-order valence-corrected chi connectivity index (χ4v) is 3.26. The third-order valence-corrected chi connectivity index (χ3v) is 4.42. The summed E-state index contributed by atoms with van der Waals surface area (Å²) in [5, 5.41) is 14.2. The minimum absolute atomic E-state index is 0.107. The average Bonchev–Trinajstić information content (AvgIpc) is 2.54. The Hall–Kier alpha value is -2.47. The van der Waals surface area contributed by atoms with Crippen LogP contribution in [0.3, 0.4) is 0 Å². The predicted octanol–water partition coefficient (Wildman–Crippen LogP) is 2.21. The number of piperidine rings is 1. The zero-order valence-electron chi connectivity index (χ0n) is 12.0. The molecule has 6 nitrogen and oxygen atoms in total. The summed E-state index contributed by atoms with van der Waals surface area (Å²) in [4.78, 5) is 17.0. The highest BCUT2D eigenvalue weighted by Crippen LogP contribution is 2.29. The van der Waals surface area contributed by atoms with Crippen molar-refractivity contribution in [2.75, 3.05) is 18.0 Å². The second-order valence-electron chi connectivity index (χ2n) is 5.94. The highest BCUT2D eigenvalue weighted by atomic mass is 16.6. The van der Waals surface area contributed by atoms with Gasteiger partial charge in [0.25, 0.3) is 5.69 Å². The van der Waals surface area contributed by atoms with Crippen LogP contribution in [0.25, 0.3) is 11.1 Å². The maximum atomic E-state index is 10.7. The Morgan fingerprint density at radius 1 is 1.14 bits per heavy atom. The molecule has 0 aliphatic carbocycles. The Kier molecular flexibility index (Phi) is 3.04. The van der Waals surface area contributed by atoms with Gasteiger partial charge in [-0.25, -0.2) is 0 Å². The normalized spacial score (nSPS) is 23.0. The molecular formula is C16H16N4O2. The summed E-state index contributed by atoms with van der Waals surface area (Å²) < 4.78 is 0. The van der Waals surface area contributed by atoms with Crippen molar-refractivity contribution in [2.24, 2.45) is 0 Å². The van der Waals surface area contributed by atoms with Crippen molar-refractivity contribution in [3.05, 3.63) is 52.8 Å². The highest BCUT2D eigenvalue weighted by Gasteiger charge is 2.36. The smallest absolute Gasteiger partial charge is 0.269 e. The molecule has 1 N–H and O–H groups in total. The molecule has 6 heteroatoms. The van der Waals surface area contributed by atoms with Crippen LogP contribution in [0, 0.1) is 10.1 Å². The fraction of sp³-hybridized carbons (Fsp3) is 0.312. The predicted molar refractivity (Wildman–Crippen MR) is 83.9 cm³/mol. The summed E-state index contributed by atoms with van der Waals surface area (Å²) in [5.74, 6) is 0. The Labute approximate surface area is 127 Å². The van der Waals surface area contributed by atoms with Gasteiger partial charge in [0.2, 0.25) is 0 Å². The number of pyridine rings is 1. The number of non-ortho nitro benzene ring substituents is 1. The van der Waals surface area contributed by atoms with Crippen molar-refractivity contribution < 1.29 is 4.92 Å².